The highest BCUT2D eigenvalue weighted by Gasteiger charge is 2.50. The molecule has 1 unspecified atom stereocenters. The van der Waals surface area contributed by atoms with E-state index in [0.29, 0.717) is 6.42 Å². The van der Waals surface area contributed by atoms with Crippen molar-refractivity contribution in [3.05, 3.63) is 59.4 Å². The molecule has 2 aromatic rings. The Bertz CT molecular complexity index is 704. The first-order valence-corrected chi connectivity index (χ1v) is 6.67. The molecule has 1 saturated carbocycles. The quantitative estimate of drug-likeness (QED) is 0.696. The molecule has 94 valence electrons. The molecule has 2 aromatic carbocycles. The van der Waals surface area contributed by atoms with Gasteiger partial charge < -0.3 is 0 Å². The summed E-state index contributed by atoms with van der Waals surface area (Å²) in [5.41, 5.74) is 3.47. The third-order valence-corrected chi connectivity index (χ3v) is 4.55. The lowest BCUT2D eigenvalue weighted by Crippen LogP contribution is -2.29. The Balaban J connectivity index is 2.12. The molecule has 0 radical (unpaired) electrons. The van der Waals surface area contributed by atoms with Crippen molar-refractivity contribution >= 4 is 5.78 Å². The van der Waals surface area contributed by atoms with E-state index in [0.717, 1.165) is 35.1 Å². The van der Waals surface area contributed by atoms with Crippen molar-refractivity contribution in [3.63, 3.8) is 0 Å². The standard InChI is InChI=1S/C17H13FO/c18-11-7-8-13-12-4-1-2-5-14(12)17(15(13)10-11)9-3-6-16(17)19/h1-2,4-5,7-8,10H,3,6,9H2. The van der Waals surface area contributed by atoms with Gasteiger partial charge in [-0.1, -0.05) is 30.3 Å². The van der Waals surface area contributed by atoms with Gasteiger partial charge >= 0.3 is 0 Å². The number of benzene rings is 2. The Labute approximate surface area is 111 Å². The number of Topliss-reactive ketones (excluding diaryl/α,β-unsaturated/α-hetero) is 1. The van der Waals surface area contributed by atoms with E-state index in [1.165, 1.54) is 6.07 Å². The van der Waals surface area contributed by atoms with Gasteiger partial charge in [0.1, 0.15) is 11.6 Å². The molecule has 0 bridgehead atoms. The van der Waals surface area contributed by atoms with E-state index < -0.39 is 5.41 Å². The number of fused-ring (bicyclic) bond motifs is 5. The molecule has 4 rings (SSSR count). The van der Waals surface area contributed by atoms with Gasteiger partial charge in [0.25, 0.3) is 0 Å². The SMILES string of the molecule is O=C1CCCC12c1ccccc1-c1ccc(F)cc12. The summed E-state index contributed by atoms with van der Waals surface area (Å²) in [5.74, 6) is -0.0186. The maximum atomic E-state index is 13.6. The minimum Gasteiger partial charge on any atom is -0.298 e. The lowest BCUT2D eigenvalue weighted by molar-refractivity contribution is -0.120. The smallest absolute Gasteiger partial charge is 0.147 e. The third kappa shape index (κ3) is 1.21. The van der Waals surface area contributed by atoms with Gasteiger partial charge in [-0.2, -0.15) is 0 Å². The molecule has 0 N–H and O–H groups in total. The second-order valence-corrected chi connectivity index (χ2v) is 5.42. The second kappa shape index (κ2) is 3.53. The summed E-state index contributed by atoms with van der Waals surface area (Å²) in [4.78, 5) is 12.5. The fourth-order valence-corrected chi connectivity index (χ4v) is 3.78. The Morgan fingerprint density at radius 3 is 2.58 bits per heavy atom. The van der Waals surface area contributed by atoms with Gasteiger partial charge in [-0.05, 0) is 47.2 Å². The fourth-order valence-electron chi connectivity index (χ4n) is 3.78. The Morgan fingerprint density at radius 2 is 1.79 bits per heavy atom. The summed E-state index contributed by atoms with van der Waals surface area (Å²) in [6, 6.07) is 12.8. The molecule has 19 heavy (non-hydrogen) atoms. The number of hydrogen-bond donors (Lipinski definition) is 0. The molecule has 2 heteroatoms. The van der Waals surface area contributed by atoms with E-state index in [4.69, 9.17) is 0 Å². The van der Waals surface area contributed by atoms with Crippen molar-refractivity contribution in [2.75, 3.05) is 0 Å². The molecule has 0 aromatic heterocycles. The molecule has 0 heterocycles. The van der Waals surface area contributed by atoms with Gasteiger partial charge in [-0.15, -0.1) is 0 Å². The Hall–Kier alpha value is -1.96. The van der Waals surface area contributed by atoms with Gasteiger partial charge in [-0.25, -0.2) is 4.39 Å². The van der Waals surface area contributed by atoms with Gasteiger partial charge in [0.15, 0.2) is 0 Å². The van der Waals surface area contributed by atoms with E-state index in [9.17, 15) is 9.18 Å². The maximum Gasteiger partial charge on any atom is 0.147 e. The maximum absolute atomic E-state index is 13.6. The largest absolute Gasteiger partial charge is 0.298 e. The predicted octanol–water partition coefficient (Wildman–Crippen LogP) is 3.85. The van der Waals surface area contributed by atoms with Crippen LogP contribution in [0.1, 0.15) is 30.4 Å². The number of halogens is 1. The van der Waals surface area contributed by atoms with Crippen molar-refractivity contribution in [2.45, 2.75) is 24.7 Å². The van der Waals surface area contributed by atoms with Crippen molar-refractivity contribution in [1.29, 1.82) is 0 Å². The van der Waals surface area contributed by atoms with Crippen LogP contribution in [0.4, 0.5) is 4.39 Å². The average molecular weight is 252 g/mol. The number of carbonyl (C=O) groups excluding carboxylic acids is 1. The lowest BCUT2D eigenvalue weighted by atomic mass is 9.76. The van der Waals surface area contributed by atoms with Crippen LogP contribution in [0.25, 0.3) is 11.1 Å². The molecule has 1 nitrogen and oxygen atoms in total. The monoisotopic (exact) mass is 252 g/mol. The number of rotatable bonds is 0. The summed E-state index contributed by atoms with van der Waals surface area (Å²) in [5, 5.41) is 0. The van der Waals surface area contributed by atoms with Crippen LogP contribution in [0.5, 0.6) is 0 Å². The summed E-state index contributed by atoms with van der Waals surface area (Å²) in [7, 11) is 0. The van der Waals surface area contributed by atoms with Crippen molar-refractivity contribution in [1.82, 2.24) is 0 Å². The highest BCUT2D eigenvalue weighted by molar-refractivity contribution is 6.03. The highest BCUT2D eigenvalue weighted by Crippen LogP contribution is 2.54. The fraction of sp³-hybridized carbons (Fsp3) is 0.235. The molecule has 1 atom stereocenters. The van der Waals surface area contributed by atoms with Gasteiger partial charge in [0.2, 0.25) is 0 Å². The second-order valence-electron chi connectivity index (χ2n) is 5.42. The van der Waals surface area contributed by atoms with Crippen LogP contribution in [0.2, 0.25) is 0 Å². The molecule has 1 spiro atoms. The summed E-state index contributed by atoms with van der Waals surface area (Å²) < 4.78 is 13.6. The zero-order valence-electron chi connectivity index (χ0n) is 10.4. The first kappa shape index (κ1) is 10.9. The molecule has 2 aliphatic rings. The molecule has 0 amide bonds. The van der Waals surface area contributed by atoms with Crippen LogP contribution in [0.15, 0.2) is 42.5 Å². The van der Waals surface area contributed by atoms with Crippen LogP contribution in [-0.2, 0) is 10.2 Å². The topological polar surface area (TPSA) is 17.1 Å². The minimum atomic E-state index is -0.575. The summed E-state index contributed by atoms with van der Waals surface area (Å²) in [6.07, 6.45) is 2.30. The highest BCUT2D eigenvalue weighted by atomic mass is 19.1. The van der Waals surface area contributed by atoms with E-state index in [-0.39, 0.29) is 11.6 Å². The Kier molecular flexibility index (Phi) is 2.03. The molecule has 0 saturated heterocycles. The normalized spacial score (nSPS) is 23.7. The summed E-state index contributed by atoms with van der Waals surface area (Å²) >= 11 is 0. The van der Waals surface area contributed by atoms with Crippen molar-refractivity contribution in [2.24, 2.45) is 0 Å². The lowest BCUT2D eigenvalue weighted by Gasteiger charge is -2.24. The van der Waals surface area contributed by atoms with Crippen LogP contribution in [-0.4, -0.2) is 5.78 Å². The number of hydrogen-bond acceptors (Lipinski definition) is 1. The predicted molar refractivity (Wildman–Crippen MR) is 71.5 cm³/mol. The first-order valence-electron chi connectivity index (χ1n) is 6.67. The van der Waals surface area contributed by atoms with Gasteiger partial charge in [-0.3, -0.25) is 4.79 Å². The minimum absolute atomic E-state index is 0.240. The van der Waals surface area contributed by atoms with Crippen molar-refractivity contribution < 1.29 is 9.18 Å². The van der Waals surface area contributed by atoms with Crippen LogP contribution >= 0.6 is 0 Å². The van der Waals surface area contributed by atoms with Crippen molar-refractivity contribution in [3.8, 4) is 11.1 Å². The van der Waals surface area contributed by atoms with Gasteiger partial charge in [0.05, 0.1) is 5.41 Å². The van der Waals surface area contributed by atoms with E-state index in [2.05, 4.69) is 0 Å². The molecular formula is C17H13FO. The zero-order valence-corrected chi connectivity index (χ0v) is 10.4. The van der Waals surface area contributed by atoms with E-state index in [1.54, 1.807) is 6.07 Å². The Morgan fingerprint density at radius 1 is 1.00 bits per heavy atom. The summed E-state index contributed by atoms with van der Waals surface area (Å²) in [6.45, 7) is 0. The van der Waals surface area contributed by atoms with Crippen LogP contribution in [0, 0.1) is 5.82 Å². The van der Waals surface area contributed by atoms with Crippen LogP contribution in [0.3, 0.4) is 0 Å². The molecular weight excluding hydrogens is 239 g/mol. The third-order valence-electron chi connectivity index (χ3n) is 4.55. The molecule has 2 aliphatic carbocycles. The number of ketones is 1. The van der Waals surface area contributed by atoms with Gasteiger partial charge in [0, 0.05) is 6.42 Å². The molecule has 1 fully saturated rings. The first-order chi connectivity index (χ1) is 9.23. The van der Waals surface area contributed by atoms with Crippen LogP contribution < -0.4 is 0 Å². The molecule has 0 aliphatic heterocycles. The van der Waals surface area contributed by atoms with E-state index in [1.807, 2.05) is 30.3 Å². The zero-order chi connectivity index (χ0) is 13.0. The number of carbonyl (C=O) groups is 1. The van der Waals surface area contributed by atoms with E-state index >= 15 is 0 Å². The average Bonchev–Trinajstić information content (AvgIpc) is 2.93.